The maximum Gasteiger partial charge on any atom is 0.166 e. The highest BCUT2D eigenvalue weighted by molar-refractivity contribution is 6.83. The molecule has 0 spiro atoms. The van der Waals surface area contributed by atoms with Gasteiger partial charge in [0, 0.05) is 0 Å². The standard InChI is InChI=1S/C17H23BSi/c1-12-15-7-5-6-8-16(15)18-17(12)13-9-10-14(11-13)19(2,3)4/h5-8,10-12,17-18H,9H2,1-4H3. The van der Waals surface area contributed by atoms with Crippen LogP contribution in [0.1, 0.15) is 24.8 Å². The minimum atomic E-state index is -1.13. The summed E-state index contributed by atoms with van der Waals surface area (Å²) in [6.45, 7) is 9.76. The lowest BCUT2D eigenvalue weighted by Crippen LogP contribution is -2.22. The predicted octanol–water partition coefficient (Wildman–Crippen LogP) is 3.79. The van der Waals surface area contributed by atoms with Gasteiger partial charge in [-0.3, -0.25) is 0 Å². The summed E-state index contributed by atoms with van der Waals surface area (Å²) in [5, 5.41) is 1.66. The maximum absolute atomic E-state index is 2.54. The van der Waals surface area contributed by atoms with Gasteiger partial charge in [0.15, 0.2) is 7.28 Å². The first-order valence-corrected chi connectivity index (χ1v) is 11.0. The number of rotatable bonds is 2. The van der Waals surface area contributed by atoms with E-state index in [4.69, 9.17) is 0 Å². The van der Waals surface area contributed by atoms with Crippen LogP contribution < -0.4 is 5.46 Å². The zero-order valence-electron chi connectivity index (χ0n) is 12.5. The van der Waals surface area contributed by atoms with Gasteiger partial charge in [-0.05, 0) is 18.2 Å². The molecule has 0 saturated carbocycles. The molecule has 0 amide bonds. The third kappa shape index (κ3) is 2.27. The summed E-state index contributed by atoms with van der Waals surface area (Å²) in [6, 6.07) is 9.01. The molecule has 0 fully saturated rings. The Bertz CT molecular complexity index is 563. The van der Waals surface area contributed by atoms with Gasteiger partial charge in [-0.15, -0.1) is 0 Å². The van der Waals surface area contributed by atoms with Crippen LogP contribution in [0.25, 0.3) is 0 Å². The molecule has 2 heteroatoms. The molecular weight excluding hydrogens is 243 g/mol. The Morgan fingerprint density at radius 1 is 1.16 bits per heavy atom. The van der Waals surface area contributed by atoms with E-state index in [2.05, 4.69) is 63.0 Å². The van der Waals surface area contributed by atoms with E-state index in [-0.39, 0.29) is 0 Å². The largest absolute Gasteiger partial charge is 0.166 e. The zero-order chi connectivity index (χ0) is 13.6. The first-order chi connectivity index (χ1) is 8.97. The first kappa shape index (κ1) is 13.0. The monoisotopic (exact) mass is 266 g/mol. The van der Waals surface area contributed by atoms with Gasteiger partial charge < -0.3 is 0 Å². The fraction of sp³-hybridized carbons (Fsp3) is 0.412. The van der Waals surface area contributed by atoms with Crippen molar-refractivity contribution in [1.82, 2.24) is 0 Å². The van der Waals surface area contributed by atoms with Crippen molar-refractivity contribution in [3.8, 4) is 0 Å². The first-order valence-electron chi connectivity index (χ1n) is 7.46. The van der Waals surface area contributed by atoms with E-state index in [1.807, 2.05) is 0 Å². The highest BCUT2D eigenvalue weighted by Gasteiger charge is 2.34. The van der Waals surface area contributed by atoms with Gasteiger partial charge in [-0.1, -0.05) is 84.8 Å². The van der Waals surface area contributed by atoms with Crippen molar-refractivity contribution in [1.29, 1.82) is 0 Å². The third-order valence-electron chi connectivity index (χ3n) is 4.83. The zero-order valence-corrected chi connectivity index (χ0v) is 13.5. The van der Waals surface area contributed by atoms with Crippen molar-refractivity contribution < 1.29 is 0 Å². The van der Waals surface area contributed by atoms with E-state index < -0.39 is 8.07 Å². The van der Waals surface area contributed by atoms with Crippen LogP contribution in [0, 0.1) is 0 Å². The van der Waals surface area contributed by atoms with E-state index in [0.717, 1.165) is 5.82 Å². The molecule has 0 saturated heterocycles. The van der Waals surface area contributed by atoms with E-state index >= 15 is 0 Å². The fourth-order valence-electron chi connectivity index (χ4n) is 3.57. The predicted molar refractivity (Wildman–Crippen MR) is 89.5 cm³/mol. The van der Waals surface area contributed by atoms with E-state index in [1.165, 1.54) is 13.7 Å². The van der Waals surface area contributed by atoms with Crippen molar-refractivity contribution in [3.63, 3.8) is 0 Å². The molecule has 2 atom stereocenters. The van der Waals surface area contributed by atoms with Crippen molar-refractivity contribution in [3.05, 3.63) is 52.8 Å². The molecule has 2 unspecified atom stereocenters. The summed E-state index contributed by atoms with van der Waals surface area (Å²) in [7, 11) is 0.112. The minimum Gasteiger partial charge on any atom is -0.0812 e. The topological polar surface area (TPSA) is 0 Å². The van der Waals surface area contributed by atoms with Gasteiger partial charge in [-0.25, -0.2) is 0 Å². The quantitative estimate of drug-likeness (QED) is 0.714. The highest BCUT2D eigenvalue weighted by atomic mass is 28.3. The van der Waals surface area contributed by atoms with E-state index in [1.54, 1.807) is 21.8 Å². The number of allylic oxidation sites excluding steroid dienone is 4. The number of fused-ring (bicyclic) bond motifs is 1. The molecule has 1 aromatic carbocycles. The van der Waals surface area contributed by atoms with Crippen molar-refractivity contribution in [2.24, 2.45) is 0 Å². The number of hydrogen-bond acceptors (Lipinski definition) is 0. The highest BCUT2D eigenvalue weighted by Crippen LogP contribution is 2.42. The van der Waals surface area contributed by atoms with Crippen molar-refractivity contribution in [2.45, 2.75) is 44.7 Å². The summed E-state index contributed by atoms with van der Waals surface area (Å²) >= 11 is 0. The average Bonchev–Trinajstić information content (AvgIpc) is 2.94. The average molecular weight is 266 g/mol. The summed E-state index contributed by atoms with van der Waals surface area (Å²) in [5.41, 5.74) is 4.83. The lowest BCUT2D eigenvalue weighted by Gasteiger charge is -2.19. The Morgan fingerprint density at radius 2 is 1.89 bits per heavy atom. The van der Waals surface area contributed by atoms with Crippen LogP contribution in [0.4, 0.5) is 0 Å². The Balaban J connectivity index is 1.85. The van der Waals surface area contributed by atoms with Gasteiger partial charge in [0.25, 0.3) is 0 Å². The van der Waals surface area contributed by atoms with E-state index in [9.17, 15) is 0 Å². The van der Waals surface area contributed by atoms with Crippen LogP contribution in [0.15, 0.2) is 47.2 Å². The second-order valence-electron chi connectivity index (χ2n) is 7.13. The minimum absolute atomic E-state index is 0.692. The molecule has 0 nitrogen and oxygen atoms in total. The Kier molecular flexibility index (Phi) is 3.09. The molecule has 0 N–H and O–H groups in total. The summed E-state index contributed by atoms with van der Waals surface area (Å²) in [5.74, 6) is 1.43. The molecule has 1 aliphatic carbocycles. The van der Waals surface area contributed by atoms with Gasteiger partial charge in [-0.2, -0.15) is 0 Å². The molecule has 2 aliphatic rings. The number of hydrogen-bond donors (Lipinski definition) is 0. The van der Waals surface area contributed by atoms with Crippen LogP contribution in [-0.2, 0) is 0 Å². The van der Waals surface area contributed by atoms with Gasteiger partial charge >= 0.3 is 0 Å². The second kappa shape index (κ2) is 4.52. The Hall–Kier alpha value is -1.02. The van der Waals surface area contributed by atoms with Crippen molar-refractivity contribution in [2.75, 3.05) is 0 Å². The SMILES string of the molecule is CC1c2ccccc2BC1C1=CC([Si](C)(C)C)=CC1. The van der Waals surface area contributed by atoms with Crippen LogP contribution in [0.2, 0.25) is 25.5 Å². The molecular formula is C17H23BSi. The second-order valence-corrected chi connectivity index (χ2v) is 12.2. The molecule has 0 radical (unpaired) electrons. The van der Waals surface area contributed by atoms with Crippen LogP contribution in [0.5, 0.6) is 0 Å². The molecule has 0 aromatic heterocycles. The van der Waals surface area contributed by atoms with E-state index in [0.29, 0.717) is 5.92 Å². The van der Waals surface area contributed by atoms with Gasteiger partial charge in [0.1, 0.15) is 0 Å². The van der Waals surface area contributed by atoms with Crippen LogP contribution in [0.3, 0.4) is 0 Å². The molecule has 1 aromatic rings. The van der Waals surface area contributed by atoms with Crippen LogP contribution in [-0.4, -0.2) is 15.4 Å². The summed E-state index contributed by atoms with van der Waals surface area (Å²) < 4.78 is 0. The Labute approximate surface area is 118 Å². The smallest absolute Gasteiger partial charge is 0.0812 e. The maximum atomic E-state index is 2.54. The van der Waals surface area contributed by atoms with Gasteiger partial charge in [0.05, 0.1) is 8.07 Å². The normalized spacial score (nSPS) is 25.7. The lowest BCUT2D eigenvalue weighted by atomic mass is 9.59. The molecule has 0 bridgehead atoms. The third-order valence-corrected chi connectivity index (χ3v) is 6.91. The molecule has 3 rings (SSSR count). The lowest BCUT2D eigenvalue weighted by molar-refractivity contribution is 0.757. The van der Waals surface area contributed by atoms with Crippen LogP contribution >= 0.6 is 0 Å². The number of benzene rings is 1. The molecule has 19 heavy (non-hydrogen) atoms. The summed E-state index contributed by atoms with van der Waals surface area (Å²) in [6.07, 6.45) is 6.24. The van der Waals surface area contributed by atoms with Gasteiger partial charge in [0.2, 0.25) is 0 Å². The molecule has 98 valence electrons. The summed E-state index contributed by atoms with van der Waals surface area (Å²) in [4.78, 5) is 0. The van der Waals surface area contributed by atoms with Crippen molar-refractivity contribution >= 4 is 20.8 Å². The molecule has 1 heterocycles. The fourth-order valence-corrected chi connectivity index (χ4v) is 4.91. The Morgan fingerprint density at radius 3 is 2.53 bits per heavy atom. The molecule has 1 aliphatic heterocycles.